The summed E-state index contributed by atoms with van der Waals surface area (Å²) in [7, 11) is 1.96. The van der Waals surface area contributed by atoms with E-state index in [-0.39, 0.29) is 0 Å². The first-order valence-electron chi connectivity index (χ1n) is 13.1. The summed E-state index contributed by atoms with van der Waals surface area (Å²) in [4.78, 5) is 18.9. The molecular weight excluding hydrogens is 482 g/mol. The Kier molecular flexibility index (Phi) is 15.1. The minimum absolute atomic E-state index is 0.507. The van der Waals surface area contributed by atoms with Gasteiger partial charge in [-0.1, -0.05) is 81.5 Å². The van der Waals surface area contributed by atoms with E-state index in [0.29, 0.717) is 13.0 Å². The zero-order valence-corrected chi connectivity index (χ0v) is 24.5. The lowest BCUT2D eigenvalue weighted by Crippen LogP contribution is -2.10. The van der Waals surface area contributed by atoms with Gasteiger partial charge in [0.2, 0.25) is 6.41 Å². The molecule has 1 N–H and O–H groups in total. The zero-order chi connectivity index (χ0) is 29.2. The molecular formula is C33H43N5O. The standard InChI is InChI=1S/C14H15N3O.C11H12N2.C5H8.C3H8/c1-10-5-12(7-15-9-18)8-17-14(10)13-3-4-16-11(2)6-13;1-9-8-11(12-13(9)2)10-6-4-3-5-7-10;1-4-5(2)3;1-3-2/h3-6,8-9H,7H2,1-2H3,(H,15,18);3-8H,1-2H3;4H,1-2H2,3H3;3H2,1-2H3. The average molecular weight is 526 g/mol. The van der Waals surface area contributed by atoms with Gasteiger partial charge in [-0.15, -0.1) is 0 Å². The molecule has 0 fully saturated rings. The monoisotopic (exact) mass is 525 g/mol. The number of rotatable bonds is 6. The fraction of sp³-hybridized carbons (Fsp3) is 0.273. The smallest absolute Gasteiger partial charge is 0.207 e. The number of hydrogen-bond acceptors (Lipinski definition) is 4. The van der Waals surface area contributed by atoms with E-state index in [0.717, 1.165) is 39.3 Å². The van der Waals surface area contributed by atoms with Crippen LogP contribution in [0.15, 0.2) is 91.8 Å². The van der Waals surface area contributed by atoms with E-state index in [9.17, 15) is 4.79 Å². The molecule has 0 spiro atoms. The third-order valence-electron chi connectivity index (χ3n) is 5.23. The summed E-state index contributed by atoms with van der Waals surface area (Å²) < 4.78 is 1.89. The van der Waals surface area contributed by atoms with E-state index >= 15 is 0 Å². The van der Waals surface area contributed by atoms with Gasteiger partial charge < -0.3 is 5.32 Å². The maximum atomic E-state index is 10.3. The van der Waals surface area contributed by atoms with Gasteiger partial charge in [-0.2, -0.15) is 5.10 Å². The normalized spacial score (nSPS) is 9.41. The van der Waals surface area contributed by atoms with Gasteiger partial charge in [0.15, 0.2) is 0 Å². The molecule has 6 heteroatoms. The molecule has 0 aliphatic carbocycles. The number of aryl methyl sites for hydroxylation is 4. The highest BCUT2D eigenvalue weighted by atomic mass is 16.1. The van der Waals surface area contributed by atoms with Crippen LogP contribution in [0.1, 0.15) is 49.7 Å². The van der Waals surface area contributed by atoms with Gasteiger partial charge in [-0.25, -0.2) is 0 Å². The Morgan fingerprint density at radius 3 is 2.13 bits per heavy atom. The SMILES string of the molecule is C=CC(=C)C.CCC.Cc1cc(-c2ccccc2)nn1C.Cc1cc(-c2ncc(CNC=O)cc2C)ccn1. The second-order valence-corrected chi connectivity index (χ2v) is 9.11. The minimum atomic E-state index is 0.507. The van der Waals surface area contributed by atoms with E-state index in [1.165, 1.54) is 17.7 Å². The first-order chi connectivity index (χ1) is 18.7. The Bertz CT molecular complexity index is 1290. The summed E-state index contributed by atoms with van der Waals surface area (Å²) in [6, 6.07) is 18.3. The van der Waals surface area contributed by atoms with Crippen molar-refractivity contribution in [3.05, 3.63) is 114 Å². The number of aromatic nitrogens is 4. The quantitative estimate of drug-likeness (QED) is 0.208. The predicted molar refractivity (Wildman–Crippen MR) is 164 cm³/mol. The van der Waals surface area contributed by atoms with Crippen LogP contribution in [0.4, 0.5) is 0 Å². The third kappa shape index (κ3) is 12.2. The van der Waals surface area contributed by atoms with Crippen LogP contribution in [0, 0.1) is 20.8 Å². The molecule has 4 aromatic rings. The number of carbonyl (C=O) groups is 1. The molecule has 0 saturated carbocycles. The lowest BCUT2D eigenvalue weighted by atomic mass is 10.1. The number of carbonyl (C=O) groups excluding carboxylic acids is 1. The van der Waals surface area contributed by atoms with Crippen LogP contribution in [-0.4, -0.2) is 26.2 Å². The molecule has 0 bridgehead atoms. The van der Waals surface area contributed by atoms with Gasteiger partial charge >= 0.3 is 0 Å². The Morgan fingerprint density at radius 1 is 1.00 bits per heavy atom. The zero-order valence-electron chi connectivity index (χ0n) is 24.5. The number of hydrogen-bond donors (Lipinski definition) is 1. The Labute approximate surface area is 234 Å². The number of nitrogens with one attached hydrogen (secondary N) is 1. The van der Waals surface area contributed by atoms with Crippen molar-refractivity contribution in [2.75, 3.05) is 0 Å². The molecule has 0 unspecified atom stereocenters. The van der Waals surface area contributed by atoms with Crippen LogP contribution >= 0.6 is 0 Å². The van der Waals surface area contributed by atoms with Crippen molar-refractivity contribution in [2.45, 2.75) is 54.5 Å². The predicted octanol–water partition coefficient (Wildman–Crippen LogP) is 7.57. The molecule has 3 heterocycles. The molecule has 1 aromatic carbocycles. The van der Waals surface area contributed by atoms with E-state index < -0.39 is 0 Å². The second-order valence-electron chi connectivity index (χ2n) is 9.11. The fourth-order valence-electron chi connectivity index (χ4n) is 3.19. The Balaban J connectivity index is 0.000000315. The topological polar surface area (TPSA) is 72.7 Å². The van der Waals surface area contributed by atoms with Crippen molar-refractivity contribution in [3.8, 4) is 22.5 Å². The number of allylic oxidation sites excluding steroid dienone is 2. The first-order valence-corrected chi connectivity index (χ1v) is 13.1. The average Bonchev–Trinajstić information content (AvgIpc) is 3.27. The highest BCUT2D eigenvalue weighted by molar-refractivity contribution is 5.63. The van der Waals surface area contributed by atoms with Gasteiger partial charge in [-0.3, -0.25) is 19.4 Å². The van der Waals surface area contributed by atoms with E-state index in [4.69, 9.17) is 0 Å². The fourth-order valence-corrected chi connectivity index (χ4v) is 3.19. The summed E-state index contributed by atoms with van der Waals surface area (Å²) in [5.74, 6) is 0. The van der Waals surface area contributed by atoms with E-state index in [2.05, 4.69) is 72.5 Å². The summed E-state index contributed by atoms with van der Waals surface area (Å²) in [5, 5.41) is 7.03. The van der Waals surface area contributed by atoms with Crippen LogP contribution in [0.5, 0.6) is 0 Å². The van der Waals surface area contributed by atoms with Gasteiger partial charge in [0.1, 0.15) is 0 Å². The van der Waals surface area contributed by atoms with Crippen LogP contribution in [0.25, 0.3) is 22.5 Å². The summed E-state index contributed by atoms with van der Waals surface area (Å²) in [6.45, 7) is 19.7. The molecule has 6 nitrogen and oxygen atoms in total. The van der Waals surface area contributed by atoms with Gasteiger partial charge in [0, 0.05) is 48.5 Å². The van der Waals surface area contributed by atoms with Gasteiger partial charge in [0.25, 0.3) is 0 Å². The maximum absolute atomic E-state index is 10.3. The molecule has 0 atom stereocenters. The number of pyridine rings is 2. The third-order valence-corrected chi connectivity index (χ3v) is 5.23. The van der Waals surface area contributed by atoms with Crippen molar-refractivity contribution in [3.63, 3.8) is 0 Å². The largest absolute Gasteiger partial charge is 0.355 e. The van der Waals surface area contributed by atoms with E-state index in [1.54, 1.807) is 18.5 Å². The summed E-state index contributed by atoms with van der Waals surface area (Å²) in [6.07, 6.45) is 7.23. The molecule has 206 valence electrons. The van der Waals surface area contributed by atoms with Crippen LogP contribution in [0.2, 0.25) is 0 Å². The van der Waals surface area contributed by atoms with Crippen molar-refractivity contribution in [1.29, 1.82) is 0 Å². The van der Waals surface area contributed by atoms with Crippen LogP contribution in [-0.2, 0) is 18.4 Å². The van der Waals surface area contributed by atoms with Gasteiger partial charge in [0.05, 0.1) is 11.4 Å². The molecule has 39 heavy (non-hydrogen) atoms. The highest BCUT2D eigenvalue weighted by Crippen LogP contribution is 2.21. The molecule has 4 rings (SSSR count). The minimum Gasteiger partial charge on any atom is -0.355 e. The molecule has 0 aliphatic rings. The number of nitrogens with zero attached hydrogens (tertiary/aromatic N) is 4. The lowest BCUT2D eigenvalue weighted by molar-refractivity contribution is -0.109. The Hall–Kier alpha value is -4.32. The van der Waals surface area contributed by atoms with Crippen molar-refractivity contribution in [1.82, 2.24) is 25.1 Å². The molecule has 0 aliphatic heterocycles. The van der Waals surface area contributed by atoms with Crippen molar-refractivity contribution < 1.29 is 4.79 Å². The Morgan fingerprint density at radius 2 is 1.64 bits per heavy atom. The number of amides is 1. The summed E-state index contributed by atoms with van der Waals surface area (Å²) >= 11 is 0. The summed E-state index contributed by atoms with van der Waals surface area (Å²) in [5.41, 5.74) is 9.49. The van der Waals surface area contributed by atoms with E-state index in [1.807, 2.05) is 68.9 Å². The molecule has 0 radical (unpaired) electrons. The second kappa shape index (κ2) is 18.0. The maximum Gasteiger partial charge on any atom is 0.207 e. The highest BCUT2D eigenvalue weighted by Gasteiger charge is 2.05. The van der Waals surface area contributed by atoms with Crippen LogP contribution in [0.3, 0.4) is 0 Å². The van der Waals surface area contributed by atoms with Crippen molar-refractivity contribution in [2.24, 2.45) is 7.05 Å². The first kappa shape index (κ1) is 32.7. The molecule has 1 amide bonds. The van der Waals surface area contributed by atoms with Gasteiger partial charge in [-0.05, 0) is 57.0 Å². The van der Waals surface area contributed by atoms with Crippen LogP contribution < -0.4 is 5.32 Å². The lowest BCUT2D eigenvalue weighted by Gasteiger charge is -2.08. The molecule has 0 saturated heterocycles. The van der Waals surface area contributed by atoms with Crippen molar-refractivity contribution >= 4 is 6.41 Å². The molecule has 3 aromatic heterocycles. The number of benzene rings is 1.